The number of rotatable bonds is 8. The SMILES string of the molecule is COc1cc(/C=C(\C#N)C(=O)Nc2ccc(C)cc2C)cc(I)c1OCC(=O)Nc1ccc(C)cc1. The van der Waals surface area contributed by atoms with E-state index in [0.717, 1.165) is 16.7 Å². The molecule has 0 aliphatic heterocycles. The van der Waals surface area contributed by atoms with Gasteiger partial charge in [-0.2, -0.15) is 5.26 Å². The number of hydrogen-bond acceptors (Lipinski definition) is 5. The Labute approximate surface area is 224 Å². The molecule has 3 aromatic carbocycles. The van der Waals surface area contributed by atoms with Crippen molar-refractivity contribution in [3.63, 3.8) is 0 Å². The molecule has 0 bridgehead atoms. The number of amides is 2. The Balaban J connectivity index is 1.74. The Hall–Kier alpha value is -3.84. The highest BCUT2D eigenvalue weighted by Gasteiger charge is 2.16. The van der Waals surface area contributed by atoms with Gasteiger partial charge >= 0.3 is 0 Å². The molecule has 8 heteroatoms. The monoisotopic (exact) mass is 595 g/mol. The summed E-state index contributed by atoms with van der Waals surface area (Å²) in [5.74, 6) is -0.0436. The molecule has 0 saturated heterocycles. The van der Waals surface area contributed by atoms with Gasteiger partial charge < -0.3 is 20.1 Å². The highest BCUT2D eigenvalue weighted by Crippen LogP contribution is 2.34. The van der Waals surface area contributed by atoms with Crippen LogP contribution in [0.25, 0.3) is 6.08 Å². The van der Waals surface area contributed by atoms with Crippen LogP contribution in [-0.2, 0) is 9.59 Å². The van der Waals surface area contributed by atoms with Crippen molar-refractivity contribution < 1.29 is 19.1 Å². The third-order valence-corrected chi connectivity index (χ3v) is 6.04. The summed E-state index contributed by atoms with van der Waals surface area (Å²) in [5.41, 5.74) is 4.94. The van der Waals surface area contributed by atoms with Crippen LogP contribution < -0.4 is 20.1 Å². The minimum absolute atomic E-state index is 0.0565. The van der Waals surface area contributed by atoms with Gasteiger partial charge in [0.25, 0.3) is 11.8 Å². The van der Waals surface area contributed by atoms with Gasteiger partial charge in [-0.25, -0.2) is 0 Å². The van der Waals surface area contributed by atoms with Crippen molar-refractivity contribution in [2.75, 3.05) is 24.4 Å². The van der Waals surface area contributed by atoms with E-state index in [0.29, 0.717) is 32.0 Å². The van der Waals surface area contributed by atoms with Gasteiger partial charge in [-0.05, 0) is 90.9 Å². The van der Waals surface area contributed by atoms with Gasteiger partial charge in [0.05, 0.1) is 10.7 Å². The van der Waals surface area contributed by atoms with Crippen LogP contribution in [0, 0.1) is 35.7 Å². The van der Waals surface area contributed by atoms with Gasteiger partial charge in [0, 0.05) is 11.4 Å². The molecular weight excluding hydrogens is 569 g/mol. The average molecular weight is 595 g/mol. The van der Waals surface area contributed by atoms with Crippen LogP contribution in [0.2, 0.25) is 0 Å². The van der Waals surface area contributed by atoms with Crippen molar-refractivity contribution >= 4 is 51.9 Å². The van der Waals surface area contributed by atoms with Crippen molar-refractivity contribution in [3.05, 3.63) is 86.0 Å². The highest BCUT2D eigenvalue weighted by atomic mass is 127. The maximum Gasteiger partial charge on any atom is 0.266 e. The molecule has 0 atom stereocenters. The molecule has 3 aromatic rings. The normalized spacial score (nSPS) is 10.8. The molecule has 2 N–H and O–H groups in total. The summed E-state index contributed by atoms with van der Waals surface area (Å²) >= 11 is 2.06. The van der Waals surface area contributed by atoms with E-state index in [1.54, 1.807) is 12.1 Å². The van der Waals surface area contributed by atoms with E-state index in [9.17, 15) is 14.9 Å². The molecule has 0 fully saturated rings. The first-order valence-corrected chi connectivity index (χ1v) is 12.1. The van der Waals surface area contributed by atoms with Crippen LogP contribution in [0.1, 0.15) is 22.3 Å². The summed E-state index contributed by atoms with van der Waals surface area (Å²) in [4.78, 5) is 25.1. The number of halogens is 1. The second-order valence-corrected chi connectivity index (χ2v) is 9.34. The van der Waals surface area contributed by atoms with Gasteiger partial charge in [-0.1, -0.05) is 35.4 Å². The quantitative estimate of drug-likeness (QED) is 0.195. The third kappa shape index (κ3) is 7.09. The molecule has 0 aliphatic carbocycles. The summed E-state index contributed by atoms with van der Waals surface area (Å²) < 4.78 is 11.9. The number of anilines is 2. The van der Waals surface area contributed by atoms with E-state index in [1.165, 1.54) is 13.2 Å². The smallest absolute Gasteiger partial charge is 0.266 e. The van der Waals surface area contributed by atoms with Gasteiger partial charge in [-0.3, -0.25) is 9.59 Å². The zero-order valence-corrected chi connectivity index (χ0v) is 22.6. The van der Waals surface area contributed by atoms with E-state index in [4.69, 9.17) is 9.47 Å². The fourth-order valence-electron chi connectivity index (χ4n) is 3.39. The van der Waals surface area contributed by atoms with Crippen molar-refractivity contribution in [3.8, 4) is 17.6 Å². The van der Waals surface area contributed by atoms with Crippen molar-refractivity contribution in [1.82, 2.24) is 0 Å². The Kier molecular flexibility index (Phi) is 9.08. The van der Waals surface area contributed by atoms with E-state index in [2.05, 4.69) is 33.2 Å². The first kappa shape index (κ1) is 26.8. The summed E-state index contributed by atoms with van der Waals surface area (Å²) in [6.45, 7) is 5.62. The summed E-state index contributed by atoms with van der Waals surface area (Å²) in [7, 11) is 1.48. The molecule has 0 aliphatic rings. The van der Waals surface area contributed by atoms with Gasteiger partial charge in [-0.15, -0.1) is 0 Å². The number of aryl methyl sites for hydroxylation is 3. The second kappa shape index (κ2) is 12.2. The molecule has 36 heavy (non-hydrogen) atoms. The first-order valence-electron chi connectivity index (χ1n) is 11.1. The van der Waals surface area contributed by atoms with Crippen molar-refractivity contribution in [2.45, 2.75) is 20.8 Å². The molecular formula is C28H26IN3O4. The minimum Gasteiger partial charge on any atom is -0.493 e. The molecule has 2 amide bonds. The Bertz CT molecular complexity index is 1360. The lowest BCUT2D eigenvalue weighted by molar-refractivity contribution is -0.118. The largest absolute Gasteiger partial charge is 0.493 e. The molecule has 184 valence electrons. The predicted molar refractivity (Wildman–Crippen MR) is 149 cm³/mol. The van der Waals surface area contributed by atoms with E-state index < -0.39 is 5.91 Å². The number of nitrogens with one attached hydrogen (secondary N) is 2. The Morgan fingerprint density at radius 2 is 1.69 bits per heavy atom. The lowest BCUT2D eigenvalue weighted by atomic mass is 10.1. The lowest BCUT2D eigenvalue weighted by Crippen LogP contribution is -2.20. The number of ether oxygens (including phenoxy) is 2. The number of methoxy groups -OCH3 is 1. The Morgan fingerprint density at radius 1 is 1.00 bits per heavy atom. The van der Waals surface area contributed by atoms with Crippen LogP contribution in [0.5, 0.6) is 11.5 Å². The summed E-state index contributed by atoms with van der Waals surface area (Å²) in [5, 5.41) is 15.2. The van der Waals surface area contributed by atoms with Crippen LogP contribution in [-0.4, -0.2) is 25.5 Å². The molecule has 0 radical (unpaired) electrons. The second-order valence-electron chi connectivity index (χ2n) is 8.18. The molecule has 0 heterocycles. The van der Waals surface area contributed by atoms with Gasteiger partial charge in [0.2, 0.25) is 0 Å². The van der Waals surface area contributed by atoms with Crippen molar-refractivity contribution in [2.24, 2.45) is 0 Å². The van der Waals surface area contributed by atoms with E-state index >= 15 is 0 Å². The number of carbonyl (C=O) groups is 2. The highest BCUT2D eigenvalue weighted by molar-refractivity contribution is 14.1. The van der Waals surface area contributed by atoms with Crippen LogP contribution >= 0.6 is 22.6 Å². The van der Waals surface area contributed by atoms with Crippen LogP contribution in [0.15, 0.2) is 60.2 Å². The number of carbonyl (C=O) groups excluding carboxylic acids is 2. The average Bonchev–Trinajstić information content (AvgIpc) is 2.84. The fraction of sp³-hybridized carbons (Fsp3) is 0.179. The maximum absolute atomic E-state index is 12.7. The number of nitrogens with zero attached hydrogens (tertiary/aromatic N) is 1. The minimum atomic E-state index is -0.508. The summed E-state index contributed by atoms with van der Waals surface area (Å²) in [6.07, 6.45) is 1.48. The number of benzene rings is 3. The van der Waals surface area contributed by atoms with E-state index in [-0.39, 0.29) is 18.1 Å². The molecule has 0 unspecified atom stereocenters. The lowest BCUT2D eigenvalue weighted by Gasteiger charge is -2.14. The molecule has 0 spiro atoms. The Morgan fingerprint density at radius 3 is 2.33 bits per heavy atom. The van der Waals surface area contributed by atoms with Crippen LogP contribution in [0.3, 0.4) is 0 Å². The molecule has 0 aromatic heterocycles. The molecule has 0 saturated carbocycles. The van der Waals surface area contributed by atoms with Crippen LogP contribution in [0.4, 0.5) is 11.4 Å². The predicted octanol–water partition coefficient (Wildman–Crippen LogP) is 5.79. The fourth-order valence-corrected chi connectivity index (χ4v) is 4.17. The zero-order valence-electron chi connectivity index (χ0n) is 20.4. The summed E-state index contributed by atoms with van der Waals surface area (Å²) in [6, 6.07) is 18.5. The van der Waals surface area contributed by atoms with Gasteiger partial charge in [0.15, 0.2) is 18.1 Å². The van der Waals surface area contributed by atoms with E-state index in [1.807, 2.05) is 69.3 Å². The maximum atomic E-state index is 12.7. The zero-order chi connectivity index (χ0) is 26.2. The third-order valence-electron chi connectivity index (χ3n) is 5.24. The van der Waals surface area contributed by atoms with Gasteiger partial charge in [0.1, 0.15) is 11.6 Å². The number of hydrogen-bond donors (Lipinski definition) is 2. The van der Waals surface area contributed by atoms with Crippen molar-refractivity contribution in [1.29, 1.82) is 5.26 Å². The first-order chi connectivity index (χ1) is 17.2. The standard InChI is InChI=1S/C28H26IN3O4/c1-17-5-8-22(9-6-17)31-26(33)16-36-27-23(29)13-20(14-25(27)35-4)12-21(15-30)28(34)32-24-10-7-18(2)11-19(24)3/h5-14H,16H2,1-4H3,(H,31,33)(H,32,34)/b21-12+. The number of nitriles is 1. The topological polar surface area (TPSA) is 100 Å². The molecule has 7 nitrogen and oxygen atoms in total. The molecule has 3 rings (SSSR count).